The number of carbonyl (C=O) groups excluding carboxylic acids is 1. The number of carbonyl (C=O) groups is 1. The van der Waals surface area contributed by atoms with Gasteiger partial charge in [0.15, 0.2) is 0 Å². The van der Waals surface area contributed by atoms with Crippen molar-refractivity contribution in [2.45, 2.75) is 80.4 Å². The molecule has 0 radical (unpaired) electrons. The van der Waals surface area contributed by atoms with Crippen molar-refractivity contribution < 1.29 is 28.5 Å². The van der Waals surface area contributed by atoms with Gasteiger partial charge >= 0.3 is 5.97 Å². The molecule has 6 heteroatoms. The van der Waals surface area contributed by atoms with E-state index < -0.39 is 10.8 Å². The summed E-state index contributed by atoms with van der Waals surface area (Å²) in [5.74, 6) is -0.199. The molecule has 0 aromatic carbocycles. The molecule has 0 aromatic heterocycles. The van der Waals surface area contributed by atoms with Gasteiger partial charge in [0.2, 0.25) is 0 Å². The van der Waals surface area contributed by atoms with Crippen LogP contribution in [0.2, 0.25) is 0 Å². The Morgan fingerprint density at radius 3 is 1.62 bits per heavy atom. The maximum atomic E-state index is 12.3. The lowest BCUT2D eigenvalue weighted by Crippen LogP contribution is -2.40. The van der Waals surface area contributed by atoms with E-state index in [0.29, 0.717) is 13.2 Å². The summed E-state index contributed by atoms with van der Waals surface area (Å²) < 4.78 is 27.9. The van der Waals surface area contributed by atoms with Gasteiger partial charge in [-0.15, -0.1) is 0 Å². The van der Waals surface area contributed by atoms with Gasteiger partial charge in [-0.3, -0.25) is 4.79 Å². The number of rotatable bonds is 15. The quantitative estimate of drug-likeness (QED) is 0.243. The van der Waals surface area contributed by atoms with Crippen molar-refractivity contribution in [2.75, 3.05) is 33.4 Å². The minimum absolute atomic E-state index is 0.102. The van der Waals surface area contributed by atoms with Gasteiger partial charge in [-0.05, 0) is 54.4 Å². The zero-order valence-electron chi connectivity index (χ0n) is 18.1. The van der Waals surface area contributed by atoms with Gasteiger partial charge in [-0.1, -0.05) is 13.8 Å². The van der Waals surface area contributed by atoms with E-state index in [1.165, 1.54) is 0 Å². The molecule has 0 rings (SSSR count). The van der Waals surface area contributed by atoms with Gasteiger partial charge in [-0.2, -0.15) is 0 Å². The van der Waals surface area contributed by atoms with Crippen LogP contribution in [-0.4, -0.2) is 51.6 Å². The summed E-state index contributed by atoms with van der Waals surface area (Å²) in [5, 5.41) is 0. The Bertz CT molecular complexity index is 362. The van der Waals surface area contributed by atoms with Gasteiger partial charge in [0.1, 0.15) is 20.2 Å². The smallest absolute Gasteiger partial charge is 0.311 e. The fraction of sp³-hybridized carbons (Fsp3) is 0.950. The number of esters is 1. The summed E-state index contributed by atoms with van der Waals surface area (Å²) in [6.45, 7) is 17.1. The lowest BCUT2D eigenvalue weighted by atomic mass is 9.87. The maximum absolute atomic E-state index is 12.3. The third-order valence-corrected chi connectivity index (χ3v) is 4.48. The second-order valence-corrected chi connectivity index (χ2v) is 8.03. The number of hydrogen-bond acceptors (Lipinski definition) is 6. The highest BCUT2D eigenvalue weighted by Crippen LogP contribution is 2.27. The molecule has 0 aliphatic carbocycles. The second kappa shape index (κ2) is 12.7. The van der Waals surface area contributed by atoms with E-state index in [4.69, 9.17) is 23.7 Å². The van der Waals surface area contributed by atoms with Crippen molar-refractivity contribution in [3.63, 3.8) is 0 Å². The monoisotopic (exact) mass is 376 g/mol. The molecule has 0 unspecified atom stereocenters. The molecule has 0 N–H and O–H groups in total. The van der Waals surface area contributed by atoms with Crippen molar-refractivity contribution in [3.8, 4) is 0 Å². The first-order valence-electron chi connectivity index (χ1n) is 9.64. The Balaban J connectivity index is 4.78. The largest absolute Gasteiger partial charge is 0.465 e. The normalized spacial score (nSPS) is 12.8. The average molecular weight is 377 g/mol. The van der Waals surface area contributed by atoms with Crippen molar-refractivity contribution >= 4 is 5.97 Å². The number of ether oxygens (including phenoxy) is 5. The van der Waals surface area contributed by atoms with E-state index in [-0.39, 0.29) is 38.4 Å². The lowest BCUT2D eigenvalue weighted by Gasteiger charge is -2.33. The summed E-state index contributed by atoms with van der Waals surface area (Å²) in [6.07, 6.45) is 1.67. The molecule has 0 amide bonds. The van der Waals surface area contributed by atoms with Gasteiger partial charge in [0, 0.05) is 0 Å². The van der Waals surface area contributed by atoms with E-state index in [1.807, 2.05) is 55.4 Å². The van der Waals surface area contributed by atoms with Crippen molar-refractivity contribution in [3.05, 3.63) is 0 Å². The van der Waals surface area contributed by atoms with Crippen LogP contribution in [0.4, 0.5) is 0 Å². The van der Waals surface area contributed by atoms with Crippen LogP contribution in [0.25, 0.3) is 0 Å². The summed E-state index contributed by atoms with van der Waals surface area (Å²) in [5.41, 5.74) is -0.928. The maximum Gasteiger partial charge on any atom is 0.311 e. The molecule has 0 saturated heterocycles. The predicted molar refractivity (Wildman–Crippen MR) is 102 cm³/mol. The molecule has 0 aromatic rings. The van der Waals surface area contributed by atoms with Gasteiger partial charge in [0.05, 0.1) is 36.3 Å². The molecule has 0 saturated carbocycles. The van der Waals surface area contributed by atoms with E-state index in [1.54, 1.807) is 0 Å². The molecular formula is C20H40O6. The fourth-order valence-electron chi connectivity index (χ4n) is 1.87. The van der Waals surface area contributed by atoms with Crippen LogP contribution in [-0.2, 0) is 28.5 Å². The Labute approximate surface area is 159 Å². The minimum Gasteiger partial charge on any atom is -0.465 e. The third kappa shape index (κ3) is 10.5. The van der Waals surface area contributed by atoms with Gasteiger partial charge in [0.25, 0.3) is 0 Å². The third-order valence-electron chi connectivity index (χ3n) is 4.48. The molecule has 0 atom stereocenters. The van der Waals surface area contributed by atoms with Crippen molar-refractivity contribution in [1.29, 1.82) is 0 Å². The first-order valence-corrected chi connectivity index (χ1v) is 9.64. The molecule has 156 valence electrons. The van der Waals surface area contributed by atoms with Crippen LogP contribution < -0.4 is 0 Å². The van der Waals surface area contributed by atoms with Gasteiger partial charge in [-0.25, -0.2) is 0 Å². The summed E-state index contributed by atoms with van der Waals surface area (Å²) in [7, 11) is 0. The van der Waals surface area contributed by atoms with E-state index in [0.717, 1.165) is 12.8 Å². The Kier molecular flexibility index (Phi) is 12.3. The minimum atomic E-state index is -0.497. The zero-order valence-corrected chi connectivity index (χ0v) is 18.1. The second-order valence-electron chi connectivity index (χ2n) is 8.03. The van der Waals surface area contributed by atoms with Crippen LogP contribution in [0.3, 0.4) is 0 Å². The zero-order chi connectivity index (χ0) is 20.2. The molecule has 6 nitrogen and oxygen atoms in total. The highest BCUT2D eigenvalue weighted by molar-refractivity contribution is 5.75. The SMILES string of the molecule is CCC(COCOC(C)C)(COCOC(C)C)COC(=O)C(C)(C)CC. The van der Waals surface area contributed by atoms with Crippen molar-refractivity contribution in [2.24, 2.45) is 10.8 Å². The van der Waals surface area contributed by atoms with Crippen LogP contribution >= 0.6 is 0 Å². The number of hydrogen-bond donors (Lipinski definition) is 0. The lowest BCUT2D eigenvalue weighted by molar-refractivity contribution is -0.172. The molecule has 26 heavy (non-hydrogen) atoms. The van der Waals surface area contributed by atoms with Gasteiger partial charge < -0.3 is 23.7 Å². The van der Waals surface area contributed by atoms with E-state index in [2.05, 4.69) is 0 Å². The first-order chi connectivity index (χ1) is 12.1. The van der Waals surface area contributed by atoms with Crippen LogP contribution in [0.5, 0.6) is 0 Å². The van der Waals surface area contributed by atoms with Crippen LogP contribution in [0.15, 0.2) is 0 Å². The van der Waals surface area contributed by atoms with E-state index >= 15 is 0 Å². The molecule has 0 aliphatic heterocycles. The van der Waals surface area contributed by atoms with Crippen LogP contribution in [0, 0.1) is 10.8 Å². The first kappa shape index (κ1) is 25.3. The summed E-state index contributed by atoms with van der Waals surface area (Å²) in [4.78, 5) is 12.3. The highest BCUT2D eigenvalue weighted by Gasteiger charge is 2.34. The molecule has 0 fully saturated rings. The Morgan fingerprint density at radius 1 is 0.808 bits per heavy atom. The Morgan fingerprint density at radius 2 is 1.27 bits per heavy atom. The average Bonchev–Trinajstić information content (AvgIpc) is 2.58. The molecule has 0 spiro atoms. The molecular weight excluding hydrogens is 336 g/mol. The topological polar surface area (TPSA) is 63.2 Å². The van der Waals surface area contributed by atoms with Crippen molar-refractivity contribution in [1.82, 2.24) is 0 Å². The summed E-state index contributed by atoms with van der Waals surface area (Å²) >= 11 is 0. The molecule has 0 heterocycles. The molecule has 0 aliphatic rings. The Hall–Kier alpha value is -0.690. The van der Waals surface area contributed by atoms with E-state index in [9.17, 15) is 4.79 Å². The summed E-state index contributed by atoms with van der Waals surface area (Å²) in [6, 6.07) is 0. The standard InChI is InChI=1S/C20H40O6/c1-9-19(7,8)18(21)24-13-20(10-2,11-22-14-25-16(3)4)12-23-15-26-17(5)6/h16-17H,9-15H2,1-8H3. The molecule has 0 bridgehead atoms. The predicted octanol–water partition coefficient (Wildman–Crippen LogP) is 4.16. The van der Waals surface area contributed by atoms with Crippen LogP contribution in [0.1, 0.15) is 68.2 Å². The fourth-order valence-corrected chi connectivity index (χ4v) is 1.87. The highest BCUT2D eigenvalue weighted by atomic mass is 16.7.